The molecule has 4 aromatic carbocycles. The van der Waals surface area contributed by atoms with Crippen LogP contribution in [-0.2, 0) is 46.7 Å². The van der Waals surface area contributed by atoms with Gasteiger partial charge in [-0.3, -0.25) is 19.2 Å². The highest BCUT2D eigenvalue weighted by Crippen LogP contribution is 2.33. The van der Waals surface area contributed by atoms with Crippen molar-refractivity contribution in [2.45, 2.75) is 32.0 Å². The standard InChI is InChI=1S/C39H37F3N2O9/c1-5-50-35(47)38(36(48)51-6-2,27-12-8-7-9-13-27)24-53-37(49)52-23-25-16-21-32(31(22-25)34(46)44(3)4)43-33(45)30-15-11-10-14-29(30)26-17-19-28(20-18-26)39(40,41)42/h7-22H,5-6,23-24H2,1-4H3,(H,43,45). The fraction of sp³-hybridized carbons (Fsp3) is 0.256. The molecule has 278 valence electrons. The summed E-state index contributed by atoms with van der Waals surface area (Å²) in [5.41, 5.74) is -1.44. The first kappa shape index (κ1) is 39.6. The van der Waals surface area contributed by atoms with Crippen LogP contribution in [0.5, 0.6) is 0 Å². The van der Waals surface area contributed by atoms with Crippen LogP contribution >= 0.6 is 0 Å². The lowest BCUT2D eigenvalue weighted by atomic mass is 9.81. The average Bonchev–Trinajstić information content (AvgIpc) is 3.14. The summed E-state index contributed by atoms with van der Waals surface area (Å²) < 4.78 is 60.3. The van der Waals surface area contributed by atoms with E-state index in [2.05, 4.69) is 5.32 Å². The molecule has 0 bridgehead atoms. The van der Waals surface area contributed by atoms with Gasteiger partial charge >= 0.3 is 24.3 Å². The van der Waals surface area contributed by atoms with Crippen LogP contribution in [0.1, 0.15) is 51.3 Å². The molecule has 0 spiro atoms. The Bertz CT molecular complexity index is 1930. The number of carbonyl (C=O) groups is 5. The van der Waals surface area contributed by atoms with Crippen LogP contribution < -0.4 is 5.32 Å². The van der Waals surface area contributed by atoms with Crippen LogP contribution in [0.15, 0.2) is 97.1 Å². The predicted octanol–water partition coefficient (Wildman–Crippen LogP) is 7.04. The van der Waals surface area contributed by atoms with Crippen LogP contribution in [0, 0.1) is 0 Å². The molecule has 0 radical (unpaired) electrons. The smallest absolute Gasteiger partial charge is 0.465 e. The number of nitrogens with one attached hydrogen (secondary N) is 1. The van der Waals surface area contributed by atoms with Gasteiger partial charge in [-0.25, -0.2) is 4.79 Å². The number of ether oxygens (including phenoxy) is 4. The SMILES string of the molecule is CCOC(=O)C(COC(=O)OCc1ccc(NC(=O)c2ccccc2-c2ccc(C(F)(F)F)cc2)c(C(=O)N(C)C)c1)(C(=O)OCC)c1ccccc1. The van der Waals surface area contributed by atoms with E-state index in [-0.39, 0.29) is 35.6 Å². The highest BCUT2D eigenvalue weighted by atomic mass is 19.4. The normalized spacial score (nSPS) is 11.2. The van der Waals surface area contributed by atoms with E-state index in [0.29, 0.717) is 16.7 Å². The topological polar surface area (TPSA) is 138 Å². The summed E-state index contributed by atoms with van der Waals surface area (Å²) in [6.07, 6.45) is -5.76. The minimum absolute atomic E-state index is 0.0394. The summed E-state index contributed by atoms with van der Waals surface area (Å²) >= 11 is 0. The van der Waals surface area contributed by atoms with Gasteiger partial charge in [-0.1, -0.05) is 66.7 Å². The summed E-state index contributed by atoms with van der Waals surface area (Å²) in [6, 6.07) is 22.9. The van der Waals surface area contributed by atoms with Gasteiger partial charge in [0.1, 0.15) is 13.2 Å². The van der Waals surface area contributed by atoms with Crippen molar-refractivity contribution < 1.29 is 56.1 Å². The highest BCUT2D eigenvalue weighted by molar-refractivity contribution is 6.12. The molecule has 0 heterocycles. The molecule has 0 atom stereocenters. The minimum atomic E-state index is -4.52. The van der Waals surface area contributed by atoms with Gasteiger partial charge in [0.05, 0.1) is 30.0 Å². The van der Waals surface area contributed by atoms with Crippen molar-refractivity contribution in [1.82, 2.24) is 4.90 Å². The van der Waals surface area contributed by atoms with Gasteiger partial charge in [0.25, 0.3) is 11.8 Å². The molecule has 0 unspecified atom stereocenters. The maximum Gasteiger partial charge on any atom is 0.508 e. The summed E-state index contributed by atoms with van der Waals surface area (Å²) in [5, 5.41) is 2.71. The number of esters is 2. The van der Waals surface area contributed by atoms with E-state index in [1.165, 1.54) is 67.5 Å². The minimum Gasteiger partial charge on any atom is -0.465 e. The molecular formula is C39H37F3N2O9. The zero-order valence-corrected chi connectivity index (χ0v) is 29.3. The van der Waals surface area contributed by atoms with Gasteiger partial charge in [-0.2, -0.15) is 13.2 Å². The Morgan fingerprint density at radius 3 is 1.87 bits per heavy atom. The monoisotopic (exact) mass is 734 g/mol. The second-order valence-electron chi connectivity index (χ2n) is 11.7. The molecule has 4 aromatic rings. The fourth-order valence-electron chi connectivity index (χ4n) is 5.27. The first-order valence-electron chi connectivity index (χ1n) is 16.3. The molecule has 0 saturated carbocycles. The van der Waals surface area contributed by atoms with E-state index in [0.717, 1.165) is 12.1 Å². The van der Waals surface area contributed by atoms with Crippen LogP contribution in [0.2, 0.25) is 0 Å². The summed E-state index contributed by atoms with van der Waals surface area (Å²) in [4.78, 5) is 67.3. The third kappa shape index (κ3) is 9.39. The van der Waals surface area contributed by atoms with Crippen LogP contribution in [0.3, 0.4) is 0 Å². The van der Waals surface area contributed by atoms with Crippen molar-refractivity contribution >= 4 is 35.6 Å². The summed E-state index contributed by atoms with van der Waals surface area (Å²) in [7, 11) is 3.00. The largest absolute Gasteiger partial charge is 0.508 e. The van der Waals surface area contributed by atoms with Crippen molar-refractivity contribution in [3.05, 3.63) is 125 Å². The molecule has 2 amide bonds. The van der Waals surface area contributed by atoms with Crippen molar-refractivity contribution in [2.75, 3.05) is 39.2 Å². The number of alkyl halides is 3. The van der Waals surface area contributed by atoms with E-state index in [4.69, 9.17) is 18.9 Å². The van der Waals surface area contributed by atoms with Crippen molar-refractivity contribution in [3.63, 3.8) is 0 Å². The number of nitrogens with zero attached hydrogens (tertiary/aromatic N) is 1. The van der Waals surface area contributed by atoms with Crippen LogP contribution in [0.25, 0.3) is 11.1 Å². The zero-order valence-electron chi connectivity index (χ0n) is 29.3. The van der Waals surface area contributed by atoms with E-state index >= 15 is 0 Å². The zero-order chi connectivity index (χ0) is 38.8. The molecule has 53 heavy (non-hydrogen) atoms. The number of benzene rings is 4. The molecule has 4 rings (SSSR count). The Balaban J connectivity index is 1.54. The number of hydrogen-bond acceptors (Lipinski definition) is 9. The Morgan fingerprint density at radius 2 is 1.28 bits per heavy atom. The number of halogens is 3. The lowest BCUT2D eigenvalue weighted by molar-refractivity contribution is -0.167. The lowest BCUT2D eigenvalue weighted by Crippen LogP contribution is -2.50. The van der Waals surface area contributed by atoms with Crippen molar-refractivity contribution in [3.8, 4) is 11.1 Å². The second-order valence-corrected chi connectivity index (χ2v) is 11.7. The molecular weight excluding hydrogens is 697 g/mol. The third-order valence-electron chi connectivity index (χ3n) is 7.94. The average molecular weight is 735 g/mol. The van der Waals surface area contributed by atoms with E-state index in [1.807, 2.05) is 0 Å². The summed E-state index contributed by atoms with van der Waals surface area (Å²) in [5.74, 6) is -3.10. The maximum absolute atomic E-state index is 13.5. The molecule has 14 heteroatoms. The number of carbonyl (C=O) groups excluding carboxylic acids is 5. The predicted molar refractivity (Wildman–Crippen MR) is 187 cm³/mol. The van der Waals surface area contributed by atoms with Gasteiger partial charge in [-0.05, 0) is 66.4 Å². The molecule has 0 aliphatic carbocycles. The number of anilines is 1. The first-order chi connectivity index (χ1) is 25.2. The Morgan fingerprint density at radius 1 is 0.679 bits per heavy atom. The van der Waals surface area contributed by atoms with E-state index < -0.39 is 60.3 Å². The number of rotatable bonds is 13. The molecule has 11 nitrogen and oxygen atoms in total. The molecule has 0 aromatic heterocycles. The Hall–Kier alpha value is -6.18. The Labute approximate surface area is 303 Å². The molecule has 1 N–H and O–H groups in total. The van der Waals surface area contributed by atoms with Gasteiger partial charge in [0.2, 0.25) is 5.41 Å². The Kier molecular flexibility index (Phi) is 13.0. The number of amides is 2. The summed E-state index contributed by atoms with van der Waals surface area (Å²) in [6.45, 7) is 1.79. The van der Waals surface area contributed by atoms with Gasteiger partial charge in [0.15, 0.2) is 0 Å². The lowest BCUT2D eigenvalue weighted by Gasteiger charge is -2.28. The highest BCUT2D eigenvalue weighted by Gasteiger charge is 2.52. The third-order valence-corrected chi connectivity index (χ3v) is 7.94. The van der Waals surface area contributed by atoms with E-state index in [9.17, 15) is 37.1 Å². The number of hydrogen-bond donors (Lipinski definition) is 1. The fourth-order valence-corrected chi connectivity index (χ4v) is 5.27. The first-order valence-corrected chi connectivity index (χ1v) is 16.3. The van der Waals surface area contributed by atoms with Crippen LogP contribution in [0.4, 0.5) is 23.7 Å². The van der Waals surface area contributed by atoms with Crippen LogP contribution in [-0.4, -0.2) is 68.7 Å². The van der Waals surface area contributed by atoms with Crippen molar-refractivity contribution in [2.24, 2.45) is 0 Å². The molecule has 0 aliphatic heterocycles. The van der Waals surface area contributed by atoms with Gasteiger partial charge in [0, 0.05) is 19.7 Å². The quantitative estimate of drug-likeness (QED) is 0.0871. The van der Waals surface area contributed by atoms with Crippen molar-refractivity contribution in [1.29, 1.82) is 0 Å². The maximum atomic E-state index is 13.5. The molecule has 0 aliphatic rings. The van der Waals surface area contributed by atoms with Gasteiger partial charge in [-0.15, -0.1) is 0 Å². The second kappa shape index (κ2) is 17.4. The molecule has 0 fully saturated rings. The van der Waals surface area contributed by atoms with E-state index in [1.54, 1.807) is 50.2 Å². The molecule has 0 saturated heterocycles. The van der Waals surface area contributed by atoms with Gasteiger partial charge < -0.3 is 29.2 Å².